The van der Waals surface area contributed by atoms with Crippen LogP contribution in [0.2, 0.25) is 0 Å². The number of carbonyl (C=O) groups is 1. The predicted molar refractivity (Wildman–Crippen MR) is 112 cm³/mol. The van der Waals surface area contributed by atoms with E-state index in [9.17, 15) is 4.79 Å². The van der Waals surface area contributed by atoms with Gasteiger partial charge in [-0.2, -0.15) is 0 Å². The van der Waals surface area contributed by atoms with Gasteiger partial charge in [0.25, 0.3) is 0 Å². The minimum absolute atomic E-state index is 0.104. The number of aromatic nitrogens is 2. The lowest BCUT2D eigenvalue weighted by atomic mass is 9.98. The summed E-state index contributed by atoms with van der Waals surface area (Å²) in [6, 6.07) is 3.97. The first-order valence-electron chi connectivity index (χ1n) is 11.0. The van der Waals surface area contributed by atoms with Crippen LogP contribution in [0.15, 0.2) is 22.9 Å². The average molecular weight is 414 g/mol. The van der Waals surface area contributed by atoms with Gasteiger partial charge in [0.2, 0.25) is 0 Å². The Kier molecular flexibility index (Phi) is 6.25. The van der Waals surface area contributed by atoms with Gasteiger partial charge in [0, 0.05) is 13.1 Å². The summed E-state index contributed by atoms with van der Waals surface area (Å²) in [5.41, 5.74) is 2.08. The second-order valence-corrected chi connectivity index (χ2v) is 8.58. The minimum atomic E-state index is -0.329. The number of hydrogen-bond donors (Lipinski definition) is 0. The van der Waals surface area contributed by atoms with Crippen LogP contribution < -0.4 is 4.74 Å². The van der Waals surface area contributed by atoms with E-state index in [1.165, 1.54) is 32.1 Å². The summed E-state index contributed by atoms with van der Waals surface area (Å²) in [6.45, 7) is 4.01. The maximum atomic E-state index is 12.4. The SMILES string of the molecule is Cc1noc(-c2ccc(OC3CCCCC3)cn2)c1COC(=O)N(C)C(C)C1CC1. The quantitative estimate of drug-likeness (QED) is 0.627. The first-order valence-corrected chi connectivity index (χ1v) is 11.0. The van der Waals surface area contributed by atoms with E-state index in [1.54, 1.807) is 18.1 Å². The van der Waals surface area contributed by atoms with Crippen LogP contribution in [0.4, 0.5) is 4.79 Å². The number of hydrogen-bond acceptors (Lipinski definition) is 6. The average Bonchev–Trinajstić information content (AvgIpc) is 3.55. The molecule has 1 amide bonds. The number of aryl methyl sites for hydroxylation is 1. The smallest absolute Gasteiger partial charge is 0.410 e. The Balaban J connectivity index is 1.39. The summed E-state index contributed by atoms with van der Waals surface area (Å²) in [5.74, 6) is 1.89. The van der Waals surface area contributed by atoms with Gasteiger partial charge in [-0.05, 0) is 70.4 Å². The highest BCUT2D eigenvalue weighted by atomic mass is 16.6. The van der Waals surface area contributed by atoms with Crippen LogP contribution in [-0.4, -0.2) is 40.3 Å². The molecule has 1 unspecified atom stereocenters. The summed E-state index contributed by atoms with van der Waals surface area (Å²) in [5, 5.41) is 4.05. The summed E-state index contributed by atoms with van der Waals surface area (Å²) < 4.78 is 17.1. The second kappa shape index (κ2) is 9.06. The van der Waals surface area contributed by atoms with Gasteiger partial charge in [-0.1, -0.05) is 11.6 Å². The van der Waals surface area contributed by atoms with E-state index in [0.29, 0.717) is 23.1 Å². The summed E-state index contributed by atoms with van der Waals surface area (Å²) >= 11 is 0. The highest BCUT2D eigenvalue weighted by Crippen LogP contribution is 2.35. The van der Waals surface area contributed by atoms with Gasteiger partial charge in [-0.3, -0.25) is 0 Å². The fourth-order valence-electron chi connectivity index (χ4n) is 4.02. The Hall–Kier alpha value is -2.57. The van der Waals surface area contributed by atoms with Gasteiger partial charge in [0.15, 0.2) is 5.76 Å². The normalized spacial score (nSPS) is 18.1. The molecule has 0 N–H and O–H groups in total. The number of pyridine rings is 1. The molecule has 0 spiro atoms. The fourth-order valence-corrected chi connectivity index (χ4v) is 4.02. The van der Waals surface area contributed by atoms with Crippen molar-refractivity contribution in [1.82, 2.24) is 15.0 Å². The van der Waals surface area contributed by atoms with E-state index in [-0.39, 0.29) is 24.8 Å². The molecule has 2 aromatic heterocycles. The minimum Gasteiger partial charge on any atom is -0.489 e. The van der Waals surface area contributed by atoms with Crippen LogP contribution in [0.1, 0.15) is 63.1 Å². The van der Waals surface area contributed by atoms with Crippen LogP contribution in [0.25, 0.3) is 11.5 Å². The van der Waals surface area contributed by atoms with Crippen molar-refractivity contribution >= 4 is 6.09 Å². The Labute approximate surface area is 177 Å². The molecule has 2 aliphatic carbocycles. The number of carbonyl (C=O) groups excluding carboxylic acids is 1. The van der Waals surface area contributed by atoms with E-state index in [4.69, 9.17) is 14.0 Å². The number of rotatable bonds is 7. The highest BCUT2D eigenvalue weighted by molar-refractivity contribution is 5.68. The zero-order valence-corrected chi connectivity index (χ0v) is 18.1. The van der Waals surface area contributed by atoms with Crippen molar-refractivity contribution in [1.29, 1.82) is 0 Å². The number of amides is 1. The molecule has 2 aliphatic rings. The molecule has 7 nitrogen and oxygen atoms in total. The molecule has 2 aromatic rings. The molecule has 1 atom stereocenters. The standard InChI is InChI=1S/C23H31N3O4/c1-15-20(14-28-23(27)26(3)16(2)17-9-10-17)22(30-25-15)21-12-11-19(13-24-21)29-18-7-5-4-6-8-18/h11-13,16-18H,4-10,14H2,1-3H3. The van der Waals surface area contributed by atoms with E-state index in [2.05, 4.69) is 17.1 Å². The van der Waals surface area contributed by atoms with Gasteiger partial charge in [-0.15, -0.1) is 0 Å². The van der Waals surface area contributed by atoms with E-state index in [0.717, 1.165) is 24.2 Å². The van der Waals surface area contributed by atoms with Gasteiger partial charge in [0.1, 0.15) is 18.1 Å². The third-order valence-electron chi connectivity index (χ3n) is 6.35. The van der Waals surface area contributed by atoms with Crippen molar-refractivity contribution < 1.29 is 18.8 Å². The maximum absolute atomic E-state index is 12.4. The molecular formula is C23H31N3O4. The fraction of sp³-hybridized carbons (Fsp3) is 0.609. The van der Waals surface area contributed by atoms with E-state index < -0.39 is 0 Å². The number of ether oxygens (including phenoxy) is 2. The molecule has 4 rings (SSSR count). The Morgan fingerprint density at radius 2 is 2.00 bits per heavy atom. The van der Waals surface area contributed by atoms with Crippen molar-refractivity contribution in [2.45, 2.75) is 77.5 Å². The largest absolute Gasteiger partial charge is 0.489 e. The van der Waals surface area contributed by atoms with Crippen molar-refractivity contribution in [2.24, 2.45) is 5.92 Å². The maximum Gasteiger partial charge on any atom is 0.410 e. The van der Waals surface area contributed by atoms with Crippen LogP contribution in [0.3, 0.4) is 0 Å². The molecule has 162 valence electrons. The summed E-state index contributed by atoms with van der Waals surface area (Å²) in [6.07, 6.45) is 9.99. The molecule has 0 aromatic carbocycles. The van der Waals surface area contributed by atoms with Gasteiger partial charge < -0.3 is 18.9 Å². The molecule has 2 saturated carbocycles. The first-order chi connectivity index (χ1) is 14.5. The summed E-state index contributed by atoms with van der Waals surface area (Å²) in [7, 11) is 1.79. The van der Waals surface area contributed by atoms with Crippen molar-refractivity contribution in [3.8, 4) is 17.2 Å². The molecule has 0 saturated heterocycles. The molecule has 0 radical (unpaired) electrons. The Morgan fingerprint density at radius 1 is 1.23 bits per heavy atom. The predicted octanol–water partition coefficient (Wildman–Crippen LogP) is 5.12. The van der Waals surface area contributed by atoms with Crippen molar-refractivity contribution in [3.05, 3.63) is 29.6 Å². The monoisotopic (exact) mass is 413 g/mol. The molecule has 2 heterocycles. The molecule has 0 aliphatic heterocycles. The lowest BCUT2D eigenvalue weighted by Crippen LogP contribution is -2.36. The zero-order valence-electron chi connectivity index (χ0n) is 18.1. The first kappa shape index (κ1) is 20.7. The van der Waals surface area contributed by atoms with Gasteiger partial charge in [-0.25, -0.2) is 9.78 Å². The second-order valence-electron chi connectivity index (χ2n) is 8.58. The van der Waals surface area contributed by atoms with Gasteiger partial charge >= 0.3 is 6.09 Å². The highest BCUT2D eigenvalue weighted by Gasteiger charge is 2.33. The van der Waals surface area contributed by atoms with E-state index in [1.807, 2.05) is 19.1 Å². The van der Waals surface area contributed by atoms with Crippen LogP contribution in [-0.2, 0) is 11.3 Å². The van der Waals surface area contributed by atoms with Crippen LogP contribution in [0.5, 0.6) is 5.75 Å². The topological polar surface area (TPSA) is 77.7 Å². The van der Waals surface area contributed by atoms with Crippen LogP contribution >= 0.6 is 0 Å². The van der Waals surface area contributed by atoms with E-state index >= 15 is 0 Å². The number of nitrogens with zero attached hydrogens (tertiary/aromatic N) is 3. The Bertz CT molecular complexity index is 854. The third kappa shape index (κ3) is 4.77. The van der Waals surface area contributed by atoms with Crippen LogP contribution in [0, 0.1) is 12.8 Å². The third-order valence-corrected chi connectivity index (χ3v) is 6.35. The lowest BCUT2D eigenvalue weighted by molar-refractivity contribution is 0.0900. The van der Waals surface area contributed by atoms with Crippen molar-refractivity contribution in [3.63, 3.8) is 0 Å². The molecule has 7 heteroatoms. The Morgan fingerprint density at radius 3 is 2.67 bits per heavy atom. The summed E-state index contributed by atoms with van der Waals surface area (Å²) in [4.78, 5) is 18.6. The zero-order chi connectivity index (χ0) is 21.1. The molecular weight excluding hydrogens is 382 g/mol. The van der Waals surface area contributed by atoms with Gasteiger partial charge in [0.05, 0.1) is 23.6 Å². The lowest BCUT2D eigenvalue weighted by Gasteiger charge is -2.24. The van der Waals surface area contributed by atoms with Crippen molar-refractivity contribution in [2.75, 3.05) is 7.05 Å². The molecule has 2 fully saturated rings. The molecule has 0 bridgehead atoms. The molecule has 30 heavy (non-hydrogen) atoms.